The number of non-ortho nitro benzene ring substituents is 1. The topological polar surface area (TPSA) is 81.2 Å². The Bertz CT molecular complexity index is 515. The number of anilines is 1. The molecular formula is C12H14F3N3O2. The van der Waals surface area contributed by atoms with Crippen molar-refractivity contribution in [2.45, 2.75) is 25.1 Å². The van der Waals surface area contributed by atoms with Crippen molar-refractivity contribution in [3.63, 3.8) is 0 Å². The van der Waals surface area contributed by atoms with Gasteiger partial charge in [-0.15, -0.1) is 0 Å². The lowest BCUT2D eigenvalue weighted by Gasteiger charge is -2.17. The van der Waals surface area contributed by atoms with Crippen LogP contribution in [0.3, 0.4) is 0 Å². The molecule has 1 aromatic rings. The zero-order valence-corrected chi connectivity index (χ0v) is 10.5. The molecule has 5 nitrogen and oxygen atoms in total. The van der Waals surface area contributed by atoms with Crippen LogP contribution < -0.4 is 11.1 Å². The van der Waals surface area contributed by atoms with Crippen LogP contribution in [0.15, 0.2) is 18.2 Å². The molecule has 1 aliphatic rings. The van der Waals surface area contributed by atoms with E-state index in [9.17, 15) is 23.3 Å². The largest absolute Gasteiger partial charge is 0.418 e. The number of halogens is 3. The average Bonchev–Trinajstić information content (AvgIpc) is 3.18. The second kappa shape index (κ2) is 5.28. The highest BCUT2D eigenvalue weighted by atomic mass is 19.4. The first-order valence-corrected chi connectivity index (χ1v) is 6.14. The summed E-state index contributed by atoms with van der Waals surface area (Å²) in [6.45, 7) is 0.214. The zero-order valence-electron chi connectivity index (χ0n) is 10.5. The fraction of sp³-hybridized carbons (Fsp3) is 0.500. The number of nitro groups is 1. The second-order valence-corrected chi connectivity index (χ2v) is 4.87. The van der Waals surface area contributed by atoms with Crippen LogP contribution in [0.1, 0.15) is 18.4 Å². The van der Waals surface area contributed by atoms with Crippen molar-refractivity contribution in [2.24, 2.45) is 11.7 Å². The molecule has 1 fully saturated rings. The summed E-state index contributed by atoms with van der Waals surface area (Å²) in [7, 11) is 0. The van der Waals surface area contributed by atoms with E-state index < -0.39 is 22.4 Å². The van der Waals surface area contributed by atoms with E-state index in [0.717, 1.165) is 25.0 Å². The standard InChI is InChI=1S/C12H14F3N3O2/c13-12(14,15)9-5-8(18(19)20)3-4-11(9)17-6-10(16)7-1-2-7/h3-5,7,10,17H,1-2,6,16H2. The van der Waals surface area contributed by atoms with E-state index in [2.05, 4.69) is 5.32 Å². The fourth-order valence-corrected chi connectivity index (χ4v) is 1.95. The SMILES string of the molecule is NC(CNc1ccc([N+](=O)[O-])cc1C(F)(F)F)C1CC1. The van der Waals surface area contributed by atoms with Gasteiger partial charge in [-0.2, -0.15) is 13.2 Å². The summed E-state index contributed by atoms with van der Waals surface area (Å²) >= 11 is 0. The van der Waals surface area contributed by atoms with Crippen molar-refractivity contribution in [2.75, 3.05) is 11.9 Å². The van der Waals surface area contributed by atoms with Crippen molar-refractivity contribution < 1.29 is 18.1 Å². The van der Waals surface area contributed by atoms with Gasteiger partial charge in [-0.3, -0.25) is 10.1 Å². The first-order valence-electron chi connectivity index (χ1n) is 6.14. The quantitative estimate of drug-likeness (QED) is 0.645. The summed E-state index contributed by atoms with van der Waals surface area (Å²) in [6.07, 6.45) is -2.66. The van der Waals surface area contributed by atoms with Gasteiger partial charge in [-0.1, -0.05) is 0 Å². The van der Waals surface area contributed by atoms with E-state index in [1.54, 1.807) is 0 Å². The van der Waals surface area contributed by atoms with Crippen LogP contribution in [0.2, 0.25) is 0 Å². The number of benzene rings is 1. The highest BCUT2D eigenvalue weighted by Gasteiger charge is 2.35. The van der Waals surface area contributed by atoms with Gasteiger partial charge < -0.3 is 11.1 Å². The monoisotopic (exact) mass is 289 g/mol. The molecule has 0 spiro atoms. The fourth-order valence-electron chi connectivity index (χ4n) is 1.95. The lowest BCUT2D eigenvalue weighted by Crippen LogP contribution is -2.31. The van der Waals surface area contributed by atoms with Gasteiger partial charge in [0.05, 0.1) is 10.5 Å². The molecule has 8 heteroatoms. The highest BCUT2D eigenvalue weighted by molar-refractivity contribution is 5.57. The van der Waals surface area contributed by atoms with Crippen molar-refractivity contribution in [3.8, 4) is 0 Å². The zero-order chi connectivity index (χ0) is 14.9. The van der Waals surface area contributed by atoms with Gasteiger partial charge >= 0.3 is 6.18 Å². The number of hydrogen-bond acceptors (Lipinski definition) is 4. The number of alkyl halides is 3. The maximum atomic E-state index is 12.9. The minimum absolute atomic E-state index is 0.181. The van der Waals surface area contributed by atoms with Gasteiger partial charge in [0.25, 0.3) is 5.69 Å². The number of nitrogens with zero attached hydrogens (tertiary/aromatic N) is 1. The number of nitrogens with two attached hydrogens (primary N) is 1. The van der Waals surface area contributed by atoms with Crippen LogP contribution in [-0.4, -0.2) is 17.5 Å². The van der Waals surface area contributed by atoms with E-state index in [-0.39, 0.29) is 18.3 Å². The molecule has 0 aliphatic heterocycles. The normalized spacial score (nSPS) is 16.8. The second-order valence-electron chi connectivity index (χ2n) is 4.87. The predicted molar refractivity (Wildman–Crippen MR) is 67.3 cm³/mol. The van der Waals surface area contributed by atoms with Crippen LogP contribution in [-0.2, 0) is 6.18 Å². The Morgan fingerprint density at radius 3 is 2.60 bits per heavy atom. The summed E-state index contributed by atoms with van der Waals surface area (Å²) in [5.41, 5.74) is 4.00. The summed E-state index contributed by atoms with van der Waals surface area (Å²) in [5, 5.41) is 13.2. The summed E-state index contributed by atoms with van der Waals surface area (Å²) in [4.78, 5) is 9.70. The van der Waals surface area contributed by atoms with Gasteiger partial charge in [0.1, 0.15) is 0 Å². The molecule has 1 aromatic carbocycles. The van der Waals surface area contributed by atoms with E-state index >= 15 is 0 Å². The van der Waals surface area contributed by atoms with Gasteiger partial charge in [0.15, 0.2) is 0 Å². The smallest absolute Gasteiger partial charge is 0.383 e. The van der Waals surface area contributed by atoms with Crippen LogP contribution in [0.4, 0.5) is 24.5 Å². The van der Waals surface area contributed by atoms with E-state index in [1.807, 2.05) is 0 Å². The molecular weight excluding hydrogens is 275 g/mol. The third-order valence-electron chi connectivity index (χ3n) is 3.28. The van der Waals surface area contributed by atoms with E-state index in [0.29, 0.717) is 12.0 Å². The molecule has 0 bridgehead atoms. The first-order chi connectivity index (χ1) is 9.29. The van der Waals surface area contributed by atoms with Gasteiger partial charge in [0, 0.05) is 30.4 Å². The Morgan fingerprint density at radius 2 is 2.10 bits per heavy atom. The van der Waals surface area contributed by atoms with Crippen molar-refractivity contribution >= 4 is 11.4 Å². The molecule has 0 amide bonds. The molecule has 0 radical (unpaired) electrons. The average molecular weight is 289 g/mol. The summed E-state index contributed by atoms with van der Waals surface area (Å²) < 4.78 is 38.7. The molecule has 1 unspecified atom stereocenters. The number of hydrogen-bond donors (Lipinski definition) is 2. The Hall–Kier alpha value is -1.83. The molecule has 0 saturated heterocycles. The van der Waals surface area contributed by atoms with Gasteiger partial charge in [0.2, 0.25) is 0 Å². The van der Waals surface area contributed by atoms with Crippen LogP contribution in [0, 0.1) is 16.0 Å². The number of rotatable bonds is 5. The van der Waals surface area contributed by atoms with Crippen LogP contribution >= 0.6 is 0 Å². The predicted octanol–water partition coefficient (Wildman–Crippen LogP) is 2.76. The first kappa shape index (κ1) is 14.6. The molecule has 20 heavy (non-hydrogen) atoms. The molecule has 2 rings (SSSR count). The molecule has 1 aliphatic carbocycles. The highest BCUT2D eigenvalue weighted by Crippen LogP contribution is 2.37. The minimum atomic E-state index is -4.65. The lowest BCUT2D eigenvalue weighted by atomic mass is 10.1. The van der Waals surface area contributed by atoms with E-state index in [4.69, 9.17) is 5.73 Å². The maximum absolute atomic E-state index is 12.9. The minimum Gasteiger partial charge on any atom is -0.383 e. The van der Waals surface area contributed by atoms with Crippen molar-refractivity contribution in [1.82, 2.24) is 0 Å². The van der Waals surface area contributed by atoms with Gasteiger partial charge in [-0.05, 0) is 24.8 Å². The van der Waals surface area contributed by atoms with Crippen LogP contribution in [0.5, 0.6) is 0 Å². The maximum Gasteiger partial charge on any atom is 0.418 e. The Labute approximate surface area is 113 Å². The number of nitro benzene ring substituents is 1. The van der Waals surface area contributed by atoms with Crippen LogP contribution in [0.25, 0.3) is 0 Å². The van der Waals surface area contributed by atoms with Crippen molar-refractivity contribution in [3.05, 3.63) is 33.9 Å². The van der Waals surface area contributed by atoms with E-state index in [1.165, 1.54) is 0 Å². The third-order valence-corrected chi connectivity index (χ3v) is 3.28. The van der Waals surface area contributed by atoms with Gasteiger partial charge in [-0.25, -0.2) is 0 Å². The molecule has 0 heterocycles. The Kier molecular flexibility index (Phi) is 3.85. The summed E-state index contributed by atoms with van der Waals surface area (Å²) in [5.74, 6) is 0.356. The summed E-state index contributed by atoms with van der Waals surface area (Å²) in [6, 6.07) is 2.44. The molecule has 1 saturated carbocycles. The van der Waals surface area contributed by atoms with Crippen molar-refractivity contribution in [1.29, 1.82) is 0 Å². The lowest BCUT2D eigenvalue weighted by molar-refractivity contribution is -0.385. The Balaban J connectivity index is 2.19. The molecule has 110 valence electrons. The molecule has 1 atom stereocenters. The molecule has 0 aromatic heterocycles. The number of nitrogens with one attached hydrogen (secondary N) is 1. The third kappa shape index (κ3) is 3.38. The Morgan fingerprint density at radius 1 is 1.45 bits per heavy atom. The molecule has 3 N–H and O–H groups in total.